The van der Waals surface area contributed by atoms with Crippen LogP contribution in [0.1, 0.15) is 10.9 Å². The van der Waals surface area contributed by atoms with Gasteiger partial charge in [-0.05, 0) is 77.4 Å². The molecule has 4 heteroatoms. The Morgan fingerprint density at radius 2 is 0.979 bits per heavy atom. The van der Waals surface area contributed by atoms with Gasteiger partial charge in [0.25, 0.3) is 0 Å². The monoisotopic (exact) mass is 619 g/mol. The standard InChI is InChI=1S/C43H29N3S/c1-3-11-29(12-4-1)43-44-35-27-30(21-26-40(35)47-43)28-19-22-32(23-20-28)46-37-18-10-8-16-34(37)42-39(46)25-24-38-41(42)33-15-7-9-17-36(33)45(38)31-13-5-2-6-14-31/h1-27,43-44H. The molecule has 1 aliphatic heterocycles. The normalized spacial score (nSPS) is 14.3. The largest absolute Gasteiger partial charge is 0.368 e. The highest BCUT2D eigenvalue weighted by Crippen LogP contribution is 2.48. The molecule has 47 heavy (non-hydrogen) atoms. The number of nitrogens with one attached hydrogen (secondary N) is 1. The number of fused-ring (bicyclic) bond motifs is 8. The van der Waals surface area contributed by atoms with Gasteiger partial charge in [-0.15, -0.1) is 0 Å². The second kappa shape index (κ2) is 10.4. The van der Waals surface area contributed by atoms with Crippen molar-refractivity contribution in [1.82, 2.24) is 9.13 Å². The van der Waals surface area contributed by atoms with Gasteiger partial charge in [-0.1, -0.05) is 115 Å². The smallest absolute Gasteiger partial charge is 0.103 e. The summed E-state index contributed by atoms with van der Waals surface area (Å²) in [5, 5.41) is 9.10. The summed E-state index contributed by atoms with van der Waals surface area (Å²) in [5.41, 5.74) is 12.1. The van der Waals surface area contributed by atoms with Crippen LogP contribution in [-0.4, -0.2) is 9.13 Å². The number of thioether (sulfide) groups is 1. The highest BCUT2D eigenvalue weighted by Gasteiger charge is 2.23. The van der Waals surface area contributed by atoms with Gasteiger partial charge in [-0.25, -0.2) is 0 Å². The van der Waals surface area contributed by atoms with Crippen molar-refractivity contribution in [3.8, 4) is 22.5 Å². The van der Waals surface area contributed by atoms with E-state index in [0.717, 1.165) is 5.69 Å². The van der Waals surface area contributed by atoms with Crippen molar-refractivity contribution in [2.45, 2.75) is 10.3 Å². The van der Waals surface area contributed by atoms with Gasteiger partial charge in [0, 0.05) is 43.5 Å². The quantitative estimate of drug-likeness (QED) is 0.212. The van der Waals surface area contributed by atoms with Crippen LogP contribution in [0, 0.1) is 0 Å². The molecule has 0 radical (unpaired) electrons. The van der Waals surface area contributed by atoms with Crippen LogP contribution in [-0.2, 0) is 0 Å². The summed E-state index contributed by atoms with van der Waals surface area (Å²) in [7, 11) is 0. The van der Waals surface area contributed by atoms with Crippen LogP contribution in [0.3, 0.4) is 0 Å². The van der Waals surface area contributed by atoms with Crippen molar-refractivity contribution >= 4 is 61.1 Å². The first-order chi connectivity index (χ1) is 23.3. The van der Waals surface area contributed by atoms with E-state index in [1.165, 1.54) is 76.6 Å². The summed E-state index contributed by atoms with van der Waals surface area (Å²) in [6, 6.07) is 59.4. The molecule has 222 valence electrons. The third kappa shape index (κ3) is 4.08. The molecule has 0 aliphatic carbocycles. The summed E-state index contributed by atoms with van der Waals surface area (Å²) >= 11 is 1.88. The molecule has 9 aromatic rings. The predicted molar refractivity (Wildman–Crippen MR) is 199 cm³/mol. The van der Waals surface area contributed by atoms with Crippen molar-refractivity contribution in [2.75, 3.05) is 5.32 Å². The molecule has 7 aromatic carbocycles. The molecule has 3 nitrogen and oxygen atoms in total. The molecule has 0 amide bonds. The molecule has 1 atom stereocenters. The van der Waals surface area contributed by atoms with Gasteiger partial charge in [-0.2, -0.15) is 0 Å². The molecule has 3 heterocycles. The molecule has 0 bridgehead atoms. The Morgan fingerprint density at radius 3 is 1.62 bits per heavy atom. The minimum atomic E-state index is 0.243. The van der Waals surface area contributed by atoms with Crippen LogP contribution in [0.5, 0.6) is 0 Å². The van der Waals surface area contributed by atoms with E-state index in [1.807, 2.05) is 11.8 Å². The summed E-state index contributed by atoms with van der Waals surface area (Å²) in [4.78, 5) is 1.30. The summed E-state index contributed by atoms with van der Waals surface area (Å²) in [6.07, 6.45) is 0. The van der Waals surface area contributed by atoms with E-state index < -0.39 is 0 Å². The van der Waals surface area contributed by atoms with Gasteiger partial charge in [0.05, 0.1) is 22.1 Å². The fourth-order valence-electron chi connectivity index (χ4n) is 7.46. The first-order valence-electron chi connectivity index (χ1n) is 16.1. The molecule has 2 aromatic heterocycles. The highest BCUT2D eigenvalue weighted by molar-refractivity contribution is 8.00. The molecule has 0 spiro atoms. The van der Waals surface area contributed by atoms with Crippen LogP contribution in [0.2, 0.25) is 0 Å². The second-order valence-electron chi connectivity index (χ2n) is 12.2. The van der Waals surface area contributed by atoms with Crippen LogP contribution in [0.15, 0.2) is 169 Å². The van der Waals surface area contributed by atoms with E-state index >= 15 is 0 Å². The second-order valence-corrected chi connectivity index (χ2v) is 13.4. The number of benzene rings is 7. The number of rotatable bonds is 4. The van der Waals surface area contributed by atoms with Gasteiger partial charge < -0.3 is 14.5 Å². The van der Waals surface area contributed by atoms with E-state index in [1.54, 1.807) is 0 Å². The molecule has 1 N–H and O–H groups in total. The summed E-state index contributed by atoms with van der Waals surface area (Å²) < 4.78 is 4.82. The highest BCUT2D eigenvalue weighted by atomic mass is 32.2. The number of hydrogen-bond acceptors (Lipinski definition) is 2. The Morgan fingerprint density at radius 1 is 0.447 bits per heavy atom. The lowest BCUT2D eigenvalue weighted by Crippen LogP contribution is -2.00. The lowest BCUT2D eigenvalue weighted by atomic mass is 10.0. The number of anilines is 1. The van der Waals surface area contributed by atoms with E-state index in [-0.39, 0.29) is 5.37 Å². The van der Waals surface area contributed by atoms with Crippen molar-refractivity contribution < 1.29 is 0 Å². The van der Waals surface area contributed by atoms with Gasteiger partial charge in [-0.3, -0.25) is 0 Å². The minimum absolute atomic E-state index is 0.243. The van der Waals surface area contributed by atoms with Gasteiger partial charge in [0.1, 0.15) is 5.37 Å². The zero-order valence-electron chi connectivity index (χ0n) is 25.5. The van der Waals surface area contributed by atoms with Crippen molar-refractivity contribution in [3.63, 3.8) is 0 Å². The van der Waals surface area contributed by atoms with E-state index in [9.17, 15) is 0 Å². The Balaban J connectivity index is 1.10. The zero-order chi connectivity index (χ0) is 30.9. The van der Waals surface area contributed by atoms with Crippen molar-refractivity contribution in [1.29, 1.82) is 0 Å². The lowest BCUT2D eigenvalue weighted by molar-refractivity contribution is 1.13. The van der Waals surface area contributed by atoms with Gasteiger partial charge in [0.15, 0.2) is 0 Å². The first kappa shape index (κ1) is 26.5. The van der Waals surface area contributed by atoms with Gasteiger partial charge in [0.2, 0.25) is 0 Å². The molecular weight excluding hydrogens is 591 g/mol. The number of aromatic nitrogens is 2. The third-order valence-corrected chi connectivity index (χ3v) is 10.8. The van der Waals surface area contributed by atoms with Crippen LogP contribution in [0.4, 0.5) is 5.69 Å². The minimum Gasteiger partial charge on any atom is -0.368 e. The maximum atomic E-state index is 3.73. The Labute approximate surface area is 276 Å². The van der Waals surface area contributed by atoms with E-state index in [0.29, 0.717) is 0 Å². The predicted octanol–water partition coefficient (Wildman–Crippen LogP) is 11.8. The SMILES string of the molecule is c1ccc(C2Nc3cc(-c4ccc(-n5c6ccccc6c6c7c8ccccc8n(-c8ccccc8)c7ccc65)cc4)ccc3S2)cc1. The van der Waals surface area contributed by atoms with Crippen molar-refractivity contribution in [3.05, 3.63) is 169 Å². The maximum absolute atomic E-state index is 3.73. The number of nitrogens with zero attached hydrogens (tertiary/aromatic N) is 2. The van der Waals surface area contributed by atoms with E-state index in [4.69, 9.17) is 0 Å². The summed E-state index contributed by atoms with van der Waals surface area (Å²) in [5.74, 6) is 0. The number of hydrogen-bond donors (Lipinski definition) is 1. The molecule has 1 aliphatic rings. The Hall–Kier alpha value is -5.71. The molecule has 0 saturated carbocycles. The number of para-hydroxylation sites is 3. The average Bonchev–Trinajstić information content (AvgIpc) is 3.82. The molecule has 10 rings (SSSR count). The van der Waals surface area contributed by atoms with Crippen LogP contribution < -0.4 is 5.32 Å². The first-order valence-corrected chi connectivity index (χ1v) is 16.9. The lowest BCUT2D eigenvalue weighted by Gasteiger charge is -2.11. The Bertz CT molecular complexity index is 2620. The molecular formula is C43H29N3S. The topological polar surface area (TPSA) is 21.9 Å². The fraction of sp³-hybridized carbons (Fsp3) is 0.0233. The fourth-order valence-corrected chi connectivity index (χ4v) is 8.58. The maximum Gasteiger partial charge on any atom is 0.103 e. The van der Waals surface area contributed by atoms with Crippen molar-refractivity contribution in [2.24, 2.45) is 0 Å². The molecule has 1 unspecified atom stereocenters. The van der Waals surface area contributed by atoms with Gasteiger partial charge >= 0.3 is 0 Å². The molecule has 0 fully saturated rings. The molecule has 0 saturated heterocycles. The van der Waals surface area contributed by atoms with Crippen LogP contribution in [0.25, 0.3) is 66.1 Å². The Kier molecular flexibility index (Phi) is 5.87. The summed E-state index contributed by atoms with van der Waals surface area (Å²) in [6.45, 7) is 0. The average molecular weight is 620 g/mol. The third-order valence-electron chi connectivity index (χ3n) is 9.56. The zero-order valence-corrected chi connectivity index (χ0v) is 26.3. The van der Waals surface area contributed by atoms with Crippen LogP contribution >= 0.6 is 11.8 Å². The van der Waals surface area contributed by atoms with E-state index in [2.05, 4.69) is 178 Å².